The minimum Gasteiger partial charge on any atom is -0.497 e. The van der Waals surface area contributed by atoms with Crippen LogP contribution in [0.25, 0.3) is 0 Å². The monoisotopic (exact) mass is 256 g/mol. The second-order valence-electron chi connectivity index (χ2n) is 4.04. The minimum atomic E-state index is -3.20. The molecule has 0 saturated heterocycles. The zero-order valence-corrected chi connectivity index (χ0v) is 10.7. The van der Waals surface area contributed by atoms with Crippen molar-refractivity contribution in [3.8, 4) is 5.75 Å². The van der Waals surface area contributed by atoms with Gasteiger partial charge in [0.1, 0.15) is 5.75 Å². The molecule has 0 aliphatic carbocycles. The largest absolute Gasteiger partial charge is 0.497 e. The summed E-state index contributed by atoms with van der Waals surface area (Å²) in [5, 5.41) is 6.18. The minimum absolute atomic E-state index is 0.107. The number of ether oxygens (including phenoxy) is 1. The molecule has 1 aliphatic rings. The van der Waals surface area contributed by atoms with Crippen LogP contribution in [0.3, 0.4) is 0 Å². The summed E-state index contributed by atoms with van der Waals surface area (Å²) in [7, 11) is 0.164. The lowest BCUT2D eigenvalue weighted by molar-refractivity contribution is 0.414. The first-order chi connectivity index (χ1) is 8.06. The molecule has 2 N–H and O–H groups in total. The van der Waals surface area contributed by atoms with E-state index in [-0.39, 0.29) is 11.8 Å². The first-order valence-electron chi connectivity index (χ1n) is 5.39. The molecule has 1 aromatic rings. The quantitative estimate of drug-likeness (QED) is 0.823. The summed E-state index contributed by atoms with van der Waals surface area (Å²) in [5.74, 6) is 0.768. The van der Waals surface area contributed by atoms with Crippen LogP contribution in [0.2, 0.25) is 0 Å². The highest BCUT2D eigenvalue weighted by Gasteiger charge is 2.29. The lowest BCUT2D eigenvalue weighted by atomic mass is 10.2. The number of rotatable bonds is 3. The van der Waals surface area contributed by atoms with E-state index < -0.39 is 9.84 Å². The van der Waals surface area contributed by atoms with Crippen molar-refractivity contribution in [2.24, 2.45) is 0 Å². The third-order valence-corrected chi connectivity index (χ3v) is 4.62. The van der Waals surface area contributed by atoms with E-state index in [4.69, 9.17) is 4.74 Å². The molecule has 2 rings (SSSR count). The number of fused-ring (bicyclic) bond motifs is 1. The highest BCUT2D eigenvalue weighted by atomic mass is 32.2. The summed E-state index contributed by atoms with van der Waals surface area (Å²) in [5.41, 5.74) is 0.621. The second-order valence-corrected chi connectivity index (χ2v) is 6.05. The Morgan fingerprint density at radius 3 is 2.94 bits per heavy atom. The van der Waals surface area contributed by atoms with E-state index >= 15 is 0 Å². The Labute approximate surface area is 101 Å². The van der Waals surface area contributed by atoms with Gasteiger partial charge in [-0.25, -0.2) is 8.42 Å². The smallest absolute Gasteiger partial charge is 0.182 e. The third kappa shape index (κ3) is 2.37. The fourth-order valence-corrected chi connectivity index (χ4v) is 3.63. The fraction of sp³-hybridized carbons (Fsp3) is 0.455. The van der Waals surface area contributed by atoms with Crippen LogP contribution < -0.4 is 15.4 Å². The molecule has 1 heterocycles. The van der Waals surface area contributed by atoms with Crippen LogP contribution in [0.4, 0.5) is 5.69 Å². The van der Waals surface area contributed by atoms with Crippen molar-refractivity contribution in [1.82, 2.24) is 5.32 Å². The first kappa shape index (κ1) is 12.2. The average Bonchev–Trinajstić information content (AvgIpc) is 2.27. The highest BCUT2D eigenvalue weighted by Crippen LogP contribution is 2.31. The van der Waals surface area contributed by atoms with E-state index in [1.54, 1.807) is 32.4 Å². The molecule has 0 fully saturated rings. The molecule has 0 bridgehead atoms. The summed E-state index contributed by atoms with van der Waals surface area (Å²) in [6, 6.07) is 4.86. The van der Waals surface area contributed by atoms with Crippen LogP contribution in [0.5, 0.6) is 5.75 Å². The van der Waals surface area contributed by atoms with Crippen molar-refractivity contribution in [1.29, 1.82) is 0 Å². The average molecular weight is 256 g/mol. The fourth-order valence-electron chi connectivity index (χ4n) is 1.99. The SMILES string of the molecule is CNCC1CS(=O)(=O)c2ccc(OC)cc2N1. The lowest BCUT2D eigenvalue weighted by Crippen LogP contribution is -2.40. The lowest BCUT2D eigenvalue weighted by Gasteiger charge is -2.27. The van der Waals surface area contributed by atoms with E-state index in [0.29, 0.717) is 22.9 Å². The normalized spacial score (nSPS) is 21.4. The number of sulfone groups is 1. The molecule has 0 saturated carbocycles. The third-order valence-electron chi connectivity index (χ3n) is 2.75. The van der Waals surface area contributed by atoms with E-state index in [2.05, 4.69) is 10.6 Å². The molecule has 94 valence electrons. The van der Waals surface area contributed by atoms with Gasteiger partial charge in [-0.1, -0.05) is 0 Å². The van der Waals surface area contributed by atoms with Gasteiger partial charge < -0.3 is 15.4 Å². The van der Waals surface area contributed by atoms with Gasteiger partial charge in [0.25, 0.3) is 0 Å². The molecule has 17 heavy (non-hydrogen) atoms. The molecule has 0 spiro atoms. The van der Waals surface area contributed by atoms with Gasteiger partial charge in [0.05, 0.1) is 29.5 Å². The molecule has 5 nitrogen and oxygen atoms in total. The topological polar surface area (TPSA) is 67.4 Å². The maximum absolute atomic E-state index is 12.0. The number of likely N-dealkylation sites (N-methyl/N-ethyl adjacent to an activating group) is 1. The van der Waals surface area contributed by atoms with E-state index in [1.165, 1.54) is 0 Å². The van der Waals surface area contributed by atoms with Gasteiger partial charge in [0.2, 0.25) is 0 Å². The van der Waals surface area contributed by atoms with Crippen molar-refractivity contribution in [3.05, 3.63) is 18.2 Å². The van der Waals surface area contributed by atoms with E-state index in [0.717, 1.165) is 0 Å². The van der Waals surface area contributed by atoms with Gasteiger partial charge in [-0.05, 0) is 19.2 Å². The first-order valence-corrected chi connectivity index (χ1v) is 7.04. The number of nitrogens with one attached hydrogen (secondary N) is 2. The molecule has 0 aromatic heterocycles. The van der Waals surface area contributed by atoms with Crippen LogP contribution in [0.1, 0.15) is 0 Å². The summed E-state index contributed by atoms with van der Waals surface area (Å²) < 4.78 is 29.2. The van der Waals surface area contributed by atoms with Crippen LogP contribution >= 0.6 is 0 Å². The van der Waals surface area contributed by atoms with Gasteiger partial charge in [-0.2, -0.15) is 0 Å². The Balaban J connectivity index is 2.42. The summed E-state index contributed by atoms with van der Waals surface area (Å²) in [4.78, 5) is 0.352. The van der Waals surface area contributed by atoms with Gasteiger partial charge in [-0.15, -0.1) is 0 Å². The van der Waals surface area contributed by atoms with Crippen molar-refractivity contribution < 1.29 is 13.2 Å². The Hall–Kier alpha value is -1.27. The number of hydrogen-bond acceptors (Lipinski definition) is 5. The van der Waals surface area contributed by atoms with Gasteiger partial charge in [-0.3, -0.25) is 0 Å². The van der Waals surface area contributed by atoms with Gasteiger partial charge in [0, 0.05) is 12.6 Å². The second kappa shape index (κ2) is 4.54. The van der Waals surface area contributed by atoms with Crippen LogP contribution in [-0.2, 0) is 9.84 Å². The number of anilines is 1. The Bertz CT molecular complexity index is 513. The Morgan fingerprint density at radius 1 is 1.53 bits per heavy atom. The number of hydrogen-bond donors (Lipinski definition) is 2. The molecule has 1 unspecified atom stereocenters. The molecular weight excluding hydrogens is 240 g/mol. The van der Waals surface area contributed by atoms with Crippen LogP contribution in [0, 0.1) is 0 Å². The van der Waals surface area contributed by atoms with E-state index in [1.807, 2.05) is 0 Å². The predicted octanol–water partition coefficient (Wildman–Crippen LogP) is 0.482. The Kier molecular flexibility index (Phi) is 3.26. The molecule has 0 radical (unpaired) electrons. The maximum Gasteiger partial charge on any atom is 0.182 e. The van der Waals surface area contributed by atoms with Gasteiger partial charge >= 0.3 is 0 Å². The standard InChI is InChI=1S/C11H16N2O3S/c1-12-6-8-7-17(14,15)11-4-3-9(16-2)5-10(11)13-8/h3-5,8,12-13H,6-7H2,1-2H3. The van der Waals surface area contributed by atoms with Crippen molar-refractivity contribution >= 4 is 15.5 Å². The number of benzene rings is 1. The van der Waals surface area contributed by atoms with E-state index in [9.17, 15) is 8.42 Å². The van der Waals surface area contributed by atoms with Crippen LogP contribution in [0.15, 0.2) is 23.1 Å². The Morgan fingerprint density at radius 2 is 2.29 bits per heavy atom. The van der Waals surface area contributed by atoms with Crippen LogP contribution in [-0.4, -0.2) is 40.9 Å². The summed E-state index contributed by atoms with van der Waals surface area (Å²) >= 11 is 0. The zero-order valence-electron chi connectivity index (χ0n) is 9.86. The molecular formula is C11H16N2O3S. The van der Waals surface area contributed by atoms with Crippen molar-refractivity contribution in [2.45, 2.75) is 10.9 Å². The molecule has 1 aliphatic heterocycles. The summed E-state index contributed by atoms with van der Waals surface area (Å²) in [6.45, 7) is 0.607. The maximum atomic E-state index is 12.0. The predicted molar refractivity (Wildman–Crippen MR) is 66.4 cm³/mol. The zero-order chi connectivity index (χ0) is 12.5. The molecule has 1 aromatic carbocycles. The number of methoxy groups -OCH3 is 1. The van der Waals surface area contributed by atoms with Crippen molar-refractivity contribution in [2.75, 3.05) is 31.8 Å². The molecule has 0 amide bonds. The summed E-state index contributed by atoms with van der Waals surface area (Å²) in [6.07, 6.45) is 0. The van der Waals surface area contributed by atoms with Gasteiger partial charge in [0.15, 0.2) is 9.84 Å². The van der Waals surface area contributed by atoms with Crippen molar-refractivity contribution in [3.63, 3.8) is 0 Å². The highest BCUT2D eigenvalue weighted by molar-refractivity contribution is 7.91. The molecule has 1 atom stereocenters. The molecule has 6 heteroatoms.